The van der Waals surface area contributed by atoms with Crippen molar-refractivity contribution in [2.75, 3.05) is 6.54 Å². The summed E-state index contributed by atoms with van der Waals surface area (Å²) < 4.78 is 2.57. The Bertz CT molecular complexity index is 770. The molecular weight excluding hydrogens is 302 g/mol. The van der Waals surface area contributed by atoms with Gasteiger partial charge in [0.25, 0.3) is 0 Å². The highest BCUT2D eigenvalue weighted by Crippen LogP contribution is 2.44. The summed E-state index contributed by atoms with van der Waals surface area (Å²) in [5, 5.41) is 0. The van der Waals surface area contributed by atoms with E-state index in [1.54, 1.807) is 0 Å². The number of allylic oxidation sites excluding steroid dienone is 5. The van der Waals surface area contributed by atoms with Gasteiger partial charge in [0, 0.05) is 24.1 Å². The topological polar surface area (TPSA) is 3.01 Å². The third kappa shape index (κ3) is 3.29. The highest BCUT2D eigenvalue weighted by Gasteiger charge is 2.45. The Morgan fingerprint density at radius 2 is 2.00 bits per heavy atom. The minimum Gasteiger partial charge on any atom is -0.195 e. The van der Waals surface area contributed by atoms with Crippen molar-refractivity contribution < 1.29 is 4.58 Å². The first-order valence-corrected chi connectivity index (χ1v) is 9.74. The van der Waals surface area contributed by atoms with Gasteiger partial charge in [0.05, 0.1) is 5.41 Å². The van der Waals surface area contributed by atoms with Crippen LogP contribution in [-0.2, 0) is 11.8 Å². The maximum absolute atomic E-state index is 2.57. The molecule has 3 rings (SSSR count). The quantitative estimate of drug-likeness (QED) is 0.564. The van der Waals surface area contributed by atoms with Crippen molar-refractivity contribution in [3.8, 4) is 0 Å². The van der Waals surface area contributed by atoms with Crippen LogP contribution >= 0.6 is 0 Å². The lowest BCUT2D eigenvalue weighted by Crippen LogP contribution is -2.28. The minimum absolute atomic E-state index is 0.0414. The van der Waals surface area contributed by atoms with E-state index in [1.165, 1.54) is 40.9 Å². The molecule has 2 aliphatic rings. The first-order chi connectivity index (χ1) is 12.0. The molecular formula is C24H32N+. The molecule has 0 saturated carbocycles. The van der Waals surface area contributed by atoms with E-state index in [-0.39, 0.29) is 5.41 Å². The predicted octanol–water partition coefficient (Wildman–Crippen LogP) is 6.20. The summed E-state index contributed by atoms with van der Waals surface area (Å²) in [6.45, 7) is 12.6. The van der Waals surface area contributed by atoms with E-state index in [9.17, 15) is 0 Å². The van der Waals surface area contributed by atoms with Gasteiger partial charge in [0.2, 0.25) is 5.69 Å². The first-order valence-electron chi connectivity index (χ1n) is 9.74. The third-order valence-corrected chi connectivity index (χ3v) is 5.50. The molecule has 0 aromatic heterocycles. The van der Waals surface area contributed by atoms with Crippen LogP contribution in [0.25, 0.3) is 6.08 Å². The molecule has 1 heteroatoms. The lowest BCUT2D eigenvalue weighted by atomic mass is 9.77. The summed E-state index contributed by atoms with van der Waals surface area (Å²) in [5.41, 5.74) is 7.27. The van der Waals surface area contributed by atoms with Crippen LogP contribution in [0.15, 0.2) is 42.5 Å². The van der Waals surface area contributed by atoms with Crippen molar-refractivity contribution in [2.24, 2.45) is 5.92 Å². The van der Waals surface area contributed by atoms with Gasteiger partial charge in [0.1, 0.15) is 6.54 Å². The Balaban J connectivity index is 2.11. The van der Waals surface area contributed by atoms with Crippen molar-refractivity contribution in [2.45, 2.75) is 59.3 Å². The van der Waals surface area contributed by atoms with Crippen LogP contribution in [0.2, 0.25) is 0 Å². The molecule has 0 fully saturated rings. The fourth-order valence-electron chi connectivity index (χ4n) is 4.28. The second kappa shape index (κ2) is 7.15. The Morgan fingerprint density at radius 3 is 2.72 bits per heavy atom. The summed E-state index contributed by atoms with van der Waals surface area (Å²) in [6, 6.07) is 4.69. The number of fused-ring (bicyclic) bond motifs is 3. The lowest BCUT2D eigenvalue weighted by molar-refractivity contribution is -0.438. The fourth-order valence-corrected chi connectivity index (χ4v) is 4.28. The minimum atomic E-state index is 0.0414. The predicted molar refractivity (Wildman–Crippen MR) is 110 cm³/mol. The zero-order valence-electron chi connectivity index (χ0n) is 16.5. The van der Waals surface area contributed by atoms with Crippen LogP contribution in [0, 0.1) is 5.92 Å². The summed E-state index contributed by atoms with van der Waals surface area (Å²) in [5.74, 6) is 0.765. The van der Waals surface area contributed by atoms with Crippen LogP contribution in [0.3, 0.4) is 0 Å². The average Bonchev–Trinajstić information content (AvgIpc) is 2.73. The molecule has 0 unspecified atom stereocenters. The molecule has 1 aromatic carbocycles. The molecule has 0 bridgehead atoms. The Kier molecular flexibility index (Phi) is 5.13. The van der Waals surface area contributed by atoms with Crippen molar-refractivity contribution in [3.63, 3.8) is 0 Å². The van der Waals surface area contributed by atoms with Crippen molar-refractivity contribution >= 4 is 17.5 Å². The second-order valence-corrected chi connectivity index (χ2v) is 8.22. The van der Waals surface area contributed by atoms with Gasteiger partial charge in [-0.2, -0.15) is 4.58 Å². The van der Waals surface area contributed by atoms with Crippen molar-refractivity contribution in [1.82, 2.24) is 0 Å². The van der Waals surface area contributed by atoms with Crippen LogP contribution in [0.4, 0.5) is 5.69 Å². The second-order valence-electron chi connectivity index (χ2n) is 8.22. The van der Waals surface area contributed by atoms with Crippen LogP contribution in [-0.4, -0.2) is 16.8 Å². The Hall–Kier alpha value is -1.89. The molecule has 1 aromatic rings. The molecule has 0 saturated heterocycles. The number of nitrogens with zero attached hydrogens (tertiary/aromatic N) is 1. The SMILES string of the molecule is C/C=C\C1=[N+](CCCC(C)C)c2ccc3c(c2C1(C)C)C=CC=CC3. The van der Waals surface area contributed by atoms with E-state index in [4.69, 9.17) is 0 Å². The van der Waals surface area contributed by atoms with Gasteiger partial charge in [-0.15, -0.1) is 0 Å². The standard InChI is InChI=1S/C24H32N/c1-6-11-22-24(4,5)23-20-14-9-7-8-13-19(20)15-16-21(23)25(22)17-10-12-18(2)3/h6-9,11,14-16,18H,10,12-13,17H2,1-5H3/q+1/b11-6-. The van der Waals surface area contributed by atoms with Gasteiger partial charge in [-0.3, -0.25) is 0 Å². The van der Waals surface area contributed by atoms with E-state index in [0.717, 1.165) is 18.9 Å². The van der Waals surface area contributed by atoms with Crippen molar-refractivity contribution in [1.29, 1.82) is 0 Å². The van der Waals surface area contributed by atoms with Gasteiger partial charge in [-0.05, 0) is 50.7 Å². The molecule has 25 heavy (non-hydrogen) atoms. The molecule has 0 N–H and O–H groups in total. The van der Waals surface area contributed by atoms with Crippen LogP contribution in [0.5, 0.6) is 0 Å². The Morgan fingerprint density at radius 1 is 1.20 bits per heavy atom. The van der Waals surface area contributed by atoms with Gasteiger partial charge >= 0.3 is 0 Å². The molecule has 1 heterocycles. The smallest absolute Gasteiger partial charge is 0.195 e. The fraction of sp³-hybridized carbons (Fsp3) is 0.458. The molecule has 1 aliphatic carbocycles. The highest BCUT2D eigenvalue weighted by atomic mass is 15.1. The van der Waals surface area contributed by atoms with Gasteiger partial charge < -0.3 is 0 Å². The van der Waals surface area contributed by atoms with E-state index in [1.807, 2.05) is 0 Å². The zero-order valence-corrected chi connectivity index (χ0v) is 16.5. The molecule has 0 atom stereocenters. The normalized spacial score (nSPS) is 18.2. The highest BCUT2D eigenvalue weighted by molar-refractivity contribution is 6.04. The van der Waals surface area contributed by atoms with Crippen molar-refractivity contribution in [3.05, 3.63) is 59.2 Å². The van der Waals surface area contributed by atoms with E-state index < -0.39 is 0 Å². The molecule has 132 valence electrons. The first kappa shape index (κ1) is 17.9. The van der Waals surface area contributed by atoms with E-state index in [2.05, 4.69) is 87.8 Å². The molecule has 1 nitrogen and oxygen atoms in total. The molecule has 0 amide bonds. The largest absolute Gasteiger partial charge is 0.210 e. The van der Waals surface area contributed by atoms with Crippen LogP contribution in [0.1, 0.15) is 64.2 Å². The number of benzene rings is 1. The van der Waals surface area contributed by atoms with Gasteiger partial charge in [-0.1, -0.05) is 50.3 Å². The summed E-state index contributed by atoms with van der Waals surface area (Å²) in [4.78, 5) is 0. The maximum atomic E-state index is 2.57. The lowest BCUT2D eigenvalue weighted by Gasteiger charge is -2.19. The monoisotopic (exact) mass is 334 g/mol. The number of hydrogen-bond acceptors (Lipinski definition) is 0. The summed E-state index contributed by atoms with van der Waals surface area (Å²) in [7, 11) is 0. The molecule has 0 spiro atoms. The number of rotatable bonds is 5. The molecule has 1 aliphatic heterocycles. The zero-order chi connectivity index (χ0) is 18.0. The Labute approximate surface area is 153 Å². The van der Waals surface area contributed by atoms with Crippen LogP contribution < -0.4 is 0 Å². The maximum Gasteiger partial charge on any atom is 0.210 e. The van der Waals surface area contributed by atoms with E-state index >= 15 is 0 Å². The van der Waals surface area contributed by atoms with E-state index in [0.29, 0.717) is 0 Å². The van der Waals surface area contributed by atoms with Gasteiger partial charge in [-0.25, -0.2) is 0 Å². The molecule has 0 radical (unpaired) electrons. The average molecular weight is 335 g/mol. The number of hydrogen-bond donors (Lipinski definition) is 0. The summed E-state index contributed by atoms with van der Waals surface area (Å²) in [6.07, 6.45) is 17.0. The third-order valence-electron chi connectivity index (χ3n) is 5.50. The van der Waals surface area contributed by atoms with Gasteiger partial charge in [0.15, 0.2) is 5.71 Å². The summed E-state index contributed by atoms with van der Waals surface area (Å²) >= 11 is 0.